The Morgan fingerprint density at radius 2 is 1.71 bits per heavy atom. The molecular formula is C17H16Br3N3O. The minimum atomic E-state index is -0.210. The van der Waals surface area contributed by atoms with Crippen LogP contribution >= 0.6 is 47.8 Å². The first-order valence-corrected chi connectivity index (χ1v) is 9.68. The van der Waals surface area contributed by atoms with E-state index in [1.807, 2.05) is 49.4 Å². The third kappa shape index (κ3) is 5.43. The number of nitrogens with one attached hydrogen (secondary N) is 2. The first kappa shape index (κ1) is 19.1. The zero-order valence-electron chi connectivity index (χ0n) is 12.9. The molecule has 0 atom stereocenters. The molecule has 24 heavy (non-hydrogen) atoms. The Morgan fingerprint density at radius 1 is 1.08 bits per heavy atom. The number of nitrogens with zero attached hydrogens (tertiary/aromatic N) is 1. The number of hydrazone groups is 1. The molecule has 0 fully saturated rings. The van der Waals surface area contributed by atoms with Gasteiger partial charge in [0.05, 0.1) is 17.9 Å². The highest BCUT2D eigenvalue weighted by molar-refractivity contribution is 9.11. The van der Waals surface area contributed by atoms with Crippen molar-refractivity contribution >= 4 is 65.1 Å². The summed E-state index contributed by atoms with van der Waals surface area (Å²) in [7, 11) is 0. The van der Waals surface area contributed by atoms with Crippen LogP contribution in [-0.4, -0.2) is 18.2 Å². The molecule has 0 unspecified atom stereocenters. The summed E-state index contributed by atoms with van der Waals surface area (Å²) >= 11 is 10.4. The van der Waals surface area contributed by atoms with Gasteiger partial charge in [-0.15, -0.1) is 0 Å². The first-order chi connectivity index (χ1) is 11.5. The lowest BCUT2D eigenvalue weighted by atomic mass is 10.1. The van der Waals surface area contributed by atoms with Gasteiger partial charge in [0.15, 0.2) is 0 Å². The number of halogens is 3. The lowest BCUT2D eigenvalue weighted by molar-refractivity contribution is -0.119. The largest absolute Gasteiger partial charge is 0.374 e. The molecule has 1 amide bonds. The number of hydrogen-bond donors (Lipinski definition) is 2. The maximum atomic E-state index is 12.0. The van der Waals surface area contributed by atoms with E-state index in [2.05, 4.69) is 63.6 Å². The summed E-state index contributed by atoms with van der Waals surface area (Å²) in [6.07, 6.45) is 0.738. The van der Waals surface area contributed by atoms with Crippen molar-refractivity contribution in [3.63, 3.8) is 0 Å². The standard InChI is InChI=1S/C17H16Br3N3O/c1-2-15(11-6-4-3-5-7-11)22-23-16(24)10-21-17-13(19)8-12(18)9-14(17)20/h3-9,21H,2,10H2,1H3,(H,23,24). The number of amides is 1. The van der Waals surface area contributed by atoms with E-state index in [1.54, 1.807) is 0 Å². The minimum Gasteiger partial charge on any atom is -0.374 e. The monoisotopic (exact) mass is 515 g/mol. The van der Waals surface area contributed by atoms with E-state index in [4.69, 9.17) is 0 Å². The first-order valence-electron chi connectivity index (χ1n) is 7.30. The summed E-state index contributed by atoms with van der Waals surface area (Å²) in [5.41, 5.74) is 5.26. The van der Waals surface area contributed by atoms with Gasteiger partial charge in [0.25, 0.3) is 5.91 Å². The molecule has 2 N–H and O–H groups in total. The maximum Gasteiger partial charge on any atom is 0.259 e. The second-order valence-electron chi connectivity index (χ2n) is 4.91. The minimum absolute atomic E-state index is 0.119. The highest BCUT2D eigenvalue weighted by Gasteiger charge is 2.09. The van der Waals surface area contributed by atoms with Crippen LogP contribution in [0.4, 0.5) is 5.69 Å². The van der Waals surface area contributed by atoms with Crippen molar-refractivity contribution in [2.75, 3.05) is 11.9 Å². The highest BCUT2D eigenvalue weighted by Crippen LogP contribution is 2.34. The van der Waals surface area contributed by atoms with E-state index in [0.717, 1.165) is 36.8 Å². The molecule has 0 saturated heterocycles. The van der Waals surface area contributed by atoms with Crippen molar-refractivity contribution in [3.05, 3.63) is 61.4 Å². The summed E-state index contributed by atoms with van der Waals surface area (Å²) in [6.45, 7) is 2.13. The predicted molar refractivity (Wildman–Crippen MR) is 109 cm³/mol. The Balaban J connectivity index is 1.97. The number of benzene rings is 2. The Bertz CT molecular complexity index is 725. The number of carbonyl (C=O) groups is 1. The fraction of sp³-hybridized carbons (Fsp3) is 0.176. The van der Waals surface area contributed by atoms with Crippen LogP contribution in [0.25, 0.3) is 0 Å². The van der Waals surface area contributed by atoms with Crippen molar-refractivity contribution < 1.29 is 4.79 Å². The molecule has 2 aromatic carbocycles. The maximum absolute atomic E-state index is 12.0. The van der Waals surface area contributed by atoms with E-state index in [-0.39, 0.29) is 12.5 Å². The van der Waals surface area contributed by atoms with Gasteiger partial charge in [-0.1, -0.05) is 53.2 Å². The summed E-state index contributed by atoms with van der Waals surface area (Å²) in [5.74, 6) is -0.210. The van der Waals surface area contributed by atoms with Crippen LogP contribution in [0.3, 0.4) is 0 Å². The lowest BCUT2D eigenvalue weighted by Gasteiger charge is -2.11. The average Bonchev–Trinajstić information content (AvgIpc) is 2.55. The third-order valence-corrected chi connectivity index (χ3v) is 4.90. The van der Waals surface area contributed by atoms with Crippen LogP contribution < -0.4 is 10.7 Å². The van der Waals surface area contributed by atoms with Crippen LogP contribution in [-0.2, 0) is 4.79 Å². The summed E-state index contributed by atoms with van der Waals surface area (Å²) in [4.78, 5) is 12.0. The van der Waals surface area contributed by atoms with Gasteiger partial charge in [0.2, 0.25) is 0 Å². The molecule has 0 aliphatic carbocycles. The Kier molecular flexibility index (Phi) is 7.45. The zero-order valence-corrected chi connectivity index (χ0v) is 17.7. The molecule has 0 aliphatic heterocycles. The molecular weight excluding hydrogens is 502 g/mol. The third-order valence-electron chi connectivity index (χ3n) is 3.19. The summed E-state index contributed by atoms with van der Waals surface area (Å²) in [5, 5.41) is 7.32. The molecule has 7 heteroatoms. The fourth-order valence-corrected chi connectivity index (χ4v) is 4.57. The van der Waals surface area contributed by atoms with Gasteiger partial charge in [0.1, 0.15) is 0 Å². The molecule has 0 aliphatic rings. The Morgan fingerprint density at radius 3 is 2.29 bits per heavy atom. The number of hydrogen-bond acceptors (Lipinski definition) is 3. The number of rotatable bonds is 6. The molecule has 0 bridgehead atoms. The second kappa shape index (κ2) is 9.34. The molecule has 2 aromatic rings. The average molecular weight is 518 g/mol. The molecule has 0 radical (unpaired) electrons. The van der Waals surface area contributed by atoms with Gasteiger partial charge < -0.3 is 5.32 Å². The van der Waals surface area contributed by atoms with Crippen molar-refractivity contribution in [2.45, 2.75) is 13.3 Å². The second-order valence-corrected chi connectivity index (χ2v) is 7.54. The number of carbonyl (C=O) groups excluding carboxylic acids is 1. The van der Waals surface area contributed by atoms with Gasteiger partial charge in [0, 0.05) is 13.4 Å². The van der Waals surface area contributed by atoms with E-state index in [9.17, 15) is 4.79 Å². The predicted octanol–water partition coefficient (Wildman–Crippen LogP) is 5.32. The van der Waals surface area contributed by atoms with Crippen LogP contribution in [0.1, 0.15) is 18.9 Å². The van der Waals surface area contributed by atoms with E-state index in [1.165, 1.54) is 0 Å². The number of anilines is 1. The van der Waals surface area contributed by atoms with Crippen molar-refractivity contribution in [1.29, 1.82) is 0 Å². The SMILES string of the molecule is CCC(=NNC(=O)CNc1c(Br)cc(Br)cc1Br)c1ccccc1. The van der Waals surface area contributed by atoms with Crippen LogP contribution in [0.15, 0.2) is 61.0 Å². The molecule has 126 valence electrons. The molecule has 0 aromatic heterocycles. The lowest BCUT2D eigenvalue weighted by Crippen LogP contribution is -2.27. The van der Waals surface area contributed by atoms with Gasteiger partial charge in [-0.2, -0.15) is 5.10 Å². The van der Waals surface area contributed by atoms with Gasteiger partial charge in [-0.05, 0) is 56.0 Å². The Labute approximate surface area is 166 Å². The topological polar surface area (TPSA) is 53.5 Å². The quantitative estimate of drug-likeness (QED) is 0.403. The van der Waals surface area contributed by atoms with Gasteiger partial charge in [-0.3, -0.25) is 4.79 Å². The van der Waals surface area contributed by atoms with Gasteiger partial charge in [-0.25, -0.2) is 5.43 Å². The molecule has 0 heterocycles. The summed E-state index contributed by atoms with van der Waals surface area (Å²) in [6, 6.07) is 13.6. The summed E-state index contributed by atoms with van der Waals surface area (Å²) < 4.78 is 2.66. The molecule has 4 nitrogen and oxygen atoms in total. The van der Waals surface area contributed by atoms with Crippen molar-refractivity contribution in [2.24, 2.45) is 5.10 Å². The molecule has 0 saturated carbocycles. The molecule has 2 rings (SSSR count). The van der Waals surface area contributed by atoms with E-state index in [0.29, 0.717) is 0 Å². The fourth-order valence-electron chi connectivity index (χ4n) is 2.03. The smallest absolute Gasteiger partial charge is 0.259 e. The Hall–Kier alpha value is -1.18. The van der Waals surface area contributed by atoms with Crippen molar-refractivity contribution in [1.82, 2.24) is 5.43 Å². The highest BCUT2D eigenvalue weighted by atomic mass is 79.9. The van der Waals surface area contributed by atoms with Gasteiger partial charge >= 0.3 is 0 Å². The van der Waals surface area contributed by atoms with Crippen LogP contribution in [0.2, 0.25) is 0 Å². The molecule has 0 spiro atoms. The van der Waals surface area contributed by atoms with Crippen LogP contribution in [0, 0.1) is 0 Å². The zero-order chi connectivity index (χ0) is 17.5. The van der Waals surface area contributed by atoms with Crippen LogP contribution in [0.5, 0.6) is 0 Å². The van der Waals surface area contributed by atoms with Crippen molar-refractivity contribution in [3.8, 4) is 0 Å². The van der Waals surface area contributed by atoms with E-state index < -0.39 is 0 Å². The normalized spacial score (nSPS) is 11.2. The van der Waals surface area contributed by atoms with E-state index >= 15 is 0 Å².